The third kappa shape index (κ3) is 4.04. The number of halogens is 1. The number of methoxy groups -OCH3 is 1. The predicted octanol–water partition coefficient (Wildman–Crippen LogP) is 4.01. The summed E-state index contributed by atoms with van der Waals surface area (Å²) in [5, 5.41) is 4.07. The minimum Gasteiger partial charge on any atom is -0.496 e. The first-order chi connectivity index (χ1) is 15.5. The highest BCUT2D eigenvalue weighted by Gasteiger charge is 2.15. The van der Waals surface area contributed by atoms with E-state index >= 15 is 0 Å². The molecule has 0 aliphatic rings. The van der Waals surface area contributed by atoms with E-state index < -0.39 is 12.6 Å². The van der Waals surface area contributed by atoms with E-state index in [4.69, 9.17) is 15.2 Å². The van der Waals surface area contributed by atoms with Gasteiger partial charge in [-0.1, -0.05) is 0 Å². The van der Waals surface area contributed by atoms with E-state index in [0.29, 0.717) is 33.7 Å². The fourth-order valence-corrected chi connectivity index (χ4v) is 3.43. The molecule has 0 spiro atoms. The van der Waals surface area contributed by atoms with E-state index in [-0.39, 0.29) is 24.6 Å². The number of carbonyl (C=O) groups excluding carboxylic acids is 2. The Morgan fingerprint density at radius 1 is 1.16 bits per heavy atom. The second kappa shape index (κ2) is 8.93. The van der Waals surface area contributed by atoms with Crippen molar-refractivity contribution in [2.75, 3.05) is 20.3 Å². The minimum absolute atomic E-state index is 0.226. The van der Waals surface area contributed by atoms with Gasteiger partial charge < -0.3 is 20.5 Å². The Morgan fingerprint density at radius 3 is 2.75 bits per heavy atom. The molecule has 2 heterocycles. The molecule has 9 heteroatoms. The van der Waals surface area contributed by atoms with E-state index in [9.17, 15) is 14.0 Å². The number of nitrogens with two attached hydrogens (primary N) is 1. The van der Waals surface area contributed by atoms with E-state index in [1.165, 1.54) is 11.7 Å². The number of rotatable bonds is 7. The number of ether oxygens (including phenoxy) is 2. The monoisotopic (exact) mass is 436 g/mol. The number of benzene rings is 2. The second-order valence-electron chi connectivity index (χ2n) is 7.03. The smallest absolute Gasteiger partial charge is 0.326 e. The van der Waals surface area contributed by atoms with Crippen molar-refractivity contribution in [2.45, 2.75) is 6.42 Å². The fraction of sp³-hybridized carbons (Fsp3) is 0.174. The van der Waals surface area contributed by atoms with Gasteiger partial charge in [0, 0.05) is 35.8 Å². The standard InChI is InChI=1S/C23H21FN4O4/c1-31-21-13-18-16(12-17(21)22(25)29)20(5-9-26-18)32-15-3-4-19-14(11-15)6-10-28(19)23(30)27-8-2-7-24/h3-6,9-13H,2,7-8H2,1H3,(H2,25,29)(H,27,30). The SMILES string of the molecule is COc1cc2nccc(Oc3ccc4c(ccn4C(=O)NCCCF)c3)c2cc1C(N)=O. The molecule has 0 bridgehead atoms. The van der Waals surface area contributed by atoms with Crippen LogP contribution in [0.1, 0.15) is 16.8 Å². The molecule has 2 aromatic heterocycles. The van der Waals surface area contributed by atoms with Crippen LogP contribution in [0.5, 0.6) is 17.2 Å². The van der Waals surface area contributed by atoms with Crippen molar-refractivity contribution < 1.29 is 23.5 Å². The quantitative estimate of drug-likeness (QED) is 0.426. The summed E-state index contributed by atoms with van der Waals surface area (Å²) in [5.74, 6) is 0.744. The molecular formula is C23H21FN4O4. The summed E-state index contributed by atoms with van der Waals surface area (Å²) in [6.45, 7) is -0.214. The lowest BCUT2D eigenvalue weighted by atomic mass is 10.1. The van der Waals surface area contributed by atoms with E-state index in [0.717, 1.165) is 5.39 Å². The summed E-state index contributed by atoms with van der Waals surface area (Å²) < 4.78 is 25.0. The molecule has 164 valence electrons. The average molecular weight is 436 g/mol. The van der Waals surface area contributed by atoms with E-state index in [1.807, 2.05) is 0 Å². The number of nitrogens with one attached hydrogen (secondary N) is 1. The van der Waals surface area contributed by atoms with Gasteiger partial charge in [0.2, 0.25) is 0 Å². The van der Waals surface area contributed by atoms with Crippen LogP contribution in [-0.4, -0.2) is 41.8 Å². The lowest BCUT2D eigenvalue weighted by Crippen LogP contribution is -2.28. The molecule has 0 atom stereocenters. The number of pyridine rings is 1. The summed E-state index contributed by atoms with van der Waals surface area (Å²) in [6, 6.07) is 11.7. The Kier molecular flexibility index (Phi) is 5.89. The van der Waals surface area contributed by atoms with Gasteiger partial charge >= 0.3 is 6.03 Å². The Labute approximate surface area is 182 Å². The molecule has 2 aromatic carbocycles. The van der Waals surface area contributed by atoms with Gasteiger partial charge in [0.1, 0.15) is 17.2 Å². The lowest BCUT2D eigenvalue weighted by molar-refractivity contribution is 0.0997. The van der Waals surface area contributed by atoms with Crippen LogP contribution in [0.3, 0.4) is 0 Å². The first kappa shape index (κ1) is 21.1. The van der Waals surface area contributed by atoms with Crippen molar-refractivity contribution >= 4 is 33.7 Å². The maximum absolute atomic E-state index is 12.3. The molecule has 0 radical (unpaired) electrons. The van der Waals surface area contributed by atoms with Crippen LogP contribution >= 0.6 is 0 Å². The molecule has 32 heavy (non-hydrogen) atoms. The Bertz CT molecular complexity index is 1320. The van der Waals surface area contributed by atoms with Crippen LogP contribution < -0.4 is 20.5 Å². The van der Waals surface area contributed by atoms with E-state index in [1.54, 1.807) is 54.9 Å². The normalized spacial score (nSPS) is 10.9. The number of amides is 2. The summed E-state index contributed by atoms with van der Waals surface area (Å²) in [5.41, 5.74) is 6.98. The molecule has 8 nitrogen and oxygen atoms in total. The van der Waals surface area contributed by atoms with Gasteiger partial charge in [0.15, 0.2) is 0 Å². The highest BCUT2D eigenvalue weighted by Crippen LogP contribution is 2.34. The number of hydrogen-bond acceptors (Lipinski definition) is 5. The number of hydrogen-bond donors (Lipinski definition) is 2. The molecule has 0 aliphatic carbocycles. The van der Waals surface area contributed by atoms with Crippen LogP contribution in [0.15, 0.2) is 54.9 Å². The number of nitrogens with zero attached hydrogens (tertiary/aromatic N) is 2. The van der Waals surface area contributed by atoms with Crippen LogP contribution in [0.25, 0.3) is 21.8 Å². The summed E-state index contributed by atoms with van der Waals surface area (Å²) in [4.78, 5) is 28.4. The van der Waals surface area contributed by atoms with Gasteiger partial charge in [-0.3, -0.25) is 18.7 Å². The summed E-state index contributed by atoms with van der Waals surface area (Å²) in [6.07, 6.45) is 3.51. The van der Waals surface area contributed by atoms with Crippen molar-refractivity contribution in [2.24, 2.45) is 5.73 Å². The Hall–Kier alpha value is -4.14. The zero-order valence-corrected chi connectivity index (χ0v) is 17.3. The highest BCUT2D eigenvalue weighted by molar-refractivity contribution is 6.01. The first-order valence-electron chi connectivity index (χ1n) is 9.91. The number of fused-ring (bicyclic) bond motifs is 2. The molecule has 0 aliphatic heterocycles. The Morgan fingerprint density at radius 2 is 2.00 bits per heavy atom. The minimum atomic E-state index is -0.619. The molecule has 0 fully saturated rings. The van der Waals surface area contributed by atoms with Crippen molar-refractivity contribution in [3.05, 3.63) is 60.4 Å². The van der Waals surface area contributed by atoms with Crippen molar-refractivity contribution in [3.63, 3.8) is 0 Å². The van der Waals surface area contributed by atoms with Crippen molar-refractivity contribution in [3.8, 4) is 17.2 Å². The predicted molar refractivity (Wildman–Crippen MR) is 118 cm³/mol. The lowest BCUT2D eigenvalue weighted by Gasteiger charge is -2.12. The first-order valence-corrected chi connectivity index (χ1v) is 9.91. The van der Waals surface area contributed by atoms with Gasteiger partial charge in [0.25, 0.3) is 5.91 Å². The zero-order valence-electron chi connectivity index (χ0n) is 17.3. The number of primary amides is 1. The van der Waals surface area contributed by atoms with Crippen molar-refractivity contribution in [1.82, 2.24) is 14.9 Å². The maximum atomic E-state index is 12.3. The maximum Gasteiger partial charge on any atom is 0.326 e. The molecule has 2 amide bonds. The third-order valence-corrected chi connectivity index (χ3v) is 4.98. The highest BCUT2D eigenvalue weighted by atomic mass is 19.1. The van der Waals surface area contributed by atoms with Gasteiger partial charge in [-0.2, -0.15) is 0 Å². The number of aromatic nitrogens is 2. The fourth-order valence-electron chi connectivity index (χ4n) is 3.43. The topological polar surface area (TPSA) is 108 Å². The molecular weight excluding hydrogens is 415 g/mol. The Balaban J connectivity index is 1.65. The molecule has 3 N–H and O–H groups in total. The molecule has 4 aromatic rings. The zero-order chi connectivity index (χ0) is 22.7. The second-order valence-corrected chi connectivity index (χ2v) is 7.03. The number of alkyl halides is 1. The average Bonchev–Trinajstić information content (AvgIpc) is 3.21. The summed E-state index contributed by atoms with van der Waals surface area (Å²) in [7, 11) is 1.45. The van der Waals surface area contributed by atoms with Crippen LogP contribution in [0.2, 0.25) is 0 Å². The largest absolute Gasteiger partial charge is 0.496 e. The molecule has 0 saturated carbocycles. The van der Waals surface area contributed by atoms with Gasteiger partial charge in [-0.25, -0.2) is 4.79 Å². The van der Waals surface area contributed by atoms with Crippen LogP contribution in [0, 0.1) is 0 Å². The van der Waals surface area contributed by atoms with Gasteiger partial charge in [-0.15, -0.1) is 0 Å². The van der Waals surface area contributed by atoms with Crippen molar-refractivity contribution in [1.29, 1.82) is 0 Å². The van der Waals surface area contributed by atoms with Gasteiger partial charge in [-0.05, 0) is 42.8 Å². The molecule has 0 saturated heterocycles. The van der Waals surface area contributed by atoms with E-state index in [2.05, 4.69) is 10.3 Å². The van der Waals surface area contributed by atoms with Gasteiger partial charge in [0.05, 0.1) is 30.4 Å². The summed E-state index contributed by atoms with van der Waals surface area (Å²) >= 11 is 0. The van der Waals surface area contributed by atoms with Crippen LogP contribution in [-0.2, 0) is 0 Å². The molecule has 0 unspecified atom stereocenters. The van der Waals surface area contributed by atoms with Crippen LogP contribution in [0.4, 0.5) is 9.18 Å². The molecule has 4 rings (SSSR count). The number of carbonyl (C=O) groups is 2. The third-order valence-electron chi connectivity index (χ3n) is 4.98.